The lowest BCUT2D eigenvalue weighted by atomic mass is 10.2. The predicted octanol–water partition coefficient (Wildman–Crippen LogP) is 2.09. The molecule has 1 atom stereocenters. The molecule has 1 amide bonds. The molecule has 1 aromatic carbocycles. The van der Waals surface area contributed by atoms with E-state index in [-0.39, 0.29) is 11.9 Å². The van der Waals surface area contributed by atoms with Gasteiger partial charge in [-0.1, -0.05) is 6.92 Å². The van der Waals surface area contributed by atoms with Crippen LogP contribution in [0.15, 0.2) is 36.5 Å². The Hall–Kier alpha value is -2.34. The van der Waals surface area contributed by atoms with Gasteiger partial charge in [-0.3, -0.25) is 4.79 Å². The molecular weight excluding hydrogens is 304 g/mol. The van der Waals surface area contributed by atoms with Crippen LogP contribution in [0.4, 0.5) is 0 Å². The lowest BCUT2D eigenvalue weighted by Gasteiger charge is -2.27. The molecule has 6 heteroatoms. The van der Waals surface area contributed by atoms with E-state index in [0.29, 0.717) is 5.69 Å². The second-order valence-electron chi connectivity index (χ2n) is 5.99. The van der Waals surface area contributed by atoms with Crippen LogP contribution in [0.3, 0.4) is 0 Å². The molecule has 1 aliphatic rings. The fourth-order valence-electron chi connectivity index (χ4n) is 3.06. The van der Waals surface area contributed by atoms with E-state index < -0.39 is 0 Å². The number of hydrogen-bond donors (Lipinski definition) is 1. The van der Waals surface area contributed by atoms with Crippen LogP contribution in [0.25, 0.3) is 5.69 Å². The smallest absolute Gasteiger partial charge is 0.274 e. The third-order valence-corrected chi connectivity index (χ3v) is 4.35. The summed E-state index contributed by atoms with van der Waals surface area (Å²) in [5.74, 6) is 0.808. The lowest BCUT2D eigenvalue weighted by Crippen LogP contribution is -2.42. The van der Waals surface area contributed by atoms with E-state index in [1.807, 2.05) is 35.4 Å². The first kappa shape index (κ1) is 16.5. The van der Waals surface area contributed by atoms with E-state index in [1.54, 1.807) is 17.9 Å². The molecule has 1 N–H and O–H groups in total. The highest BCUT2D eigenvalue weighted by atomic mass is 16.5. The van der Waals surface area contributed by atoms with Crippen molar-refractivity contribution in [2.75, 3.05) is 26.7 Å². The van der Waals surface area contributed by atoms with Crippen molar-refractivity contribution in [2.45, 2.75) is 25.8 Å². The highest BCUT2D eigenvalue weighted by Crippen LogP contribution is 2.17. The zero-order chi connectivity index (χ0) is 16.9. The van der Waals surface area contributed by atoms with Crippen molar-refractivity contribution in [3.05, 3.63) is 42.2 Å². The molecule has 1 fully saturated rings. The summed E-state index contributed by atoms with van der Waals surface area (Å²) in [6, 6.07) is 9.66. The minimum absolute atomic E-state index is 0.0119. The minimum atomic E-state index is 0.0119. The Kier molecular flexibility index (Phi) is 5.15. The monoisotopic (exact) mass is 328 g/mol. The van der Waals surface area contributed by atoms with Gasteiger partial charge in [0.2, 0.25) is 0 Å². The van der Waals surface area contributed by atoms with Gasteiger partial charge in [0.15, 0.2) is 5.69 Å². The van der Waals surface area contributed by atoms with Gasteiger partial charge in [0.1, 0.15) is 5.75 Å². The highest BCUT2D eigenvalue weighted by molar-refractivity contribution is 5.92. The number of carbonyl (C=O) groups is 1. The number of amides is 1. The Bertz CT molecular complexity index is 675. The van der Waals surface area contributed by atoms with Gasteiger partial charge in [0.05, 0.1) is 12.8 Å². The van der Waals surface area contributed by atoms with Crippen molar-refractivity contribution in [1.29, 1.82) is 0 Å². The molecular formula is C18H24N4O2. The van der Waals surface area contributed by atoms with Crippen LogP contribution >= 0.6 is 0 Å². The third kappa shape index (κ3) is 3.43. The summed E-state index contributed by atoms with van der Waals surface area (Å²) in [6.07, 6.45) is 3.78. The molecule has 1 aliphatic heterocycles. The highest BCUT2D eigenvalue weighted by Gasteiger charge is 2.27. The van der Waals surface area contributed by atoms with Gasteiger partial charge in [0, 0.05) is 25.3 Å². The molecule has 3 rings (SSSR count). The molecule has 0 aliphatic carbocycles. The van der Waals surface area contributed by atoms with Crippen LogP contribution in [0.1, 0.15) is 30.3 Å². The van der Waals surface area contributed by atoms with Crippen molar-refractivity contribution in [3.63, 3.8) is 0 Å². The number of hydrogen-bond acceptors (Lipinski definition) is 4. The second kappa shape index (κ2) is 7.49. The van der Waals surface area contributed by atoms with Crippen LogP contribution in [-0.4, -0.2) is 53.4 Å². The largest absolute Gasteiger partial charge is 0.497 e. The molecule has 2 heterocycles. The fourth-order valence-corrected chi connectivity index (χ4v) is 3.06. The van der Waals surface area contributed by atoms with Crippen molar-refractivity contribution in [1.82, 2.24) is 20.0 Å². The maximum absolute atomic E-state index is 12.9. The minimum Gasteiger partial charge on any atom is -0.497 e. The maximum Gasteiger partial charge on any atom is 0.274 e. The van der Waals surface area contributed by atoms with E-state index in [4.69, 9.17) is 4.74 Å². The molecule has 1 unspecified atom stereocenters. The molecule has 6 nitrogen and oxygen atoms in total. The number of methoxy groups -OCH3 is 1. The summed E-state index contributed by atoms with van der Waals surface area (Å²) in [6.45, 7) is 4.70. The third-order valence-electron chi connectivity index (χ3n) is 4.35. The van der Waals surface area contributed by atoms with E-state index in [0.717, 1.165) is 43.9 Å². The molecule has 0 spiro atoms. The SMILES string of the molecule is CCCN(C(=O)c1ccn(-c2ccc(OC)cc2)n1)C1CCNC1. The van der Waals surface area contributed by atoms with Gasteiger partial charge in [-0.2, -0.15) is 5.10 Å². The Morgan fingerprint density at radius 1 is 1.38 bits per heavy atom. The predicted molar refractivity (Wildman–Crippen MR) is 92.7 cm³/mol. The quantitative estimate of drug-likeness (QED) is 0.882. The average Bonchev–Trinajstić information content (AvgIpc) is 3.31. The van der Waals surface area contributed by atoms with Crippen LogP contribution in [-0.2, 0) is 0 Å². The number of carbonyl (C=O) groups excluding carboxylic acids is 1. The first-order valence-electron chi connectivity index (χ1n) is 8.44. The first-order valence-corrected chi connectivity index (χ1v) is 8.44. The molecule has 2 aromatic rings. The molecule has 0 bridgehead atoms. The Morgan fingerprint density at radius 2 is 2.17 bits per heavy atom. The van der Waals surface area contributed by atoms with Crippen LogP contribution in [0.5, 0.6) is 5.75 Å². The van der Waals surface area contributed by atoms with Crippen LogP contribution in [0.2, 0.25) is 0 Å². The average molecular weight is 328 g/mol. The van der Waals surface area contributed by atoms with Crippen molar-refractivity contribution >= 4 is 5.91 Å². The number of aromatic nitrogens is 2. The molecule has 1 aromatic heterocycles. The van der Waals surface area contributed by atoms with Gasteiger partial charge in [0.25, 0.3) is 5.91 Å². The maximum atomic E-state index is 12.9. The molecule has 0 radical (unpaired) electrons. The van der Waals surface area contributed by atoms with Gasteiger partial charge in [-0.05, 0) is 49.7 Å². The summed E-state index contributed by atoms with van der Waals surface area (Å²) in [5.41, 5.74) is 1.39. The summed E-state index contributed by atoms with van der Waals surface area (Å²) in [5, 5.41) is 7.80. The zero-order valence-corrected chi connectivity index (χ0v) is 14.2. The summed E-state index contributed by atoms with van der Waals surface area (Å²) in [4.78, 5) is 14.8. The summed E-state index contributed by atoms with van der Waals surface area (Å²) < 4.78 is 6.89. The Labute approximate surface area is 142 Å². The van der Waals surface area contributed by atoms with Gasteiger partial charge < -0.3 is 15.0 Å². The second-order valence-corrected chi connectivity index (χ2v) is 5.99. The zero-order valence-electron chi connectivity index (χ0n) is 14.2. The number of nitrogens with one attached hydrogen (secondary N) is 1. The molecule has 1 saturated heterocycles. The van der Waals surface area contributed by atoms with E-state index in [9.17, 15) is 4.79 Å². The number of benzene rings is 1. The first-order chi connectivity index (χ1) is 11.7. The lowest BCUT2D eigenvalue weighted by molar-refractivity contribution is 0.0685. The topological polar surface area (TPSA) is 59.4 Å². The molecule has 24 heavy (non-hydrogen) atoms. The number of rotatable bonds is 6. The van der Waals surface area contributed by atoms with Crippen molar-refractivity contribution in [2.24, 2.45) is 0 Å². The van der Waals surface area contributed by atoms with Gasteiger partial charge in [-0.25, -0.2) is 4.68 Å². The van der Waals surface area contributed by atoms with Crippen LogP contribution in [0, 0.1) is 0 Å². The van der Waals surface area contributed by atoms with Crippen molar-refractivity contribution in [3.8, 4) is 11.4 Å². The summed E-state index contributed by atoms with van der Waals surface area (Å²) >= 11 is 0. The molecule has 0 saturated carbocycles. The standard InChI is InChI=1S/C18H24N4O2/c1-3-11-21(15-8-10-19-13-15)18(23)17-9-12-22(20-17)14-4-6-16(24-2)7-5-14/h4-7,9,12,15,19H,3,8,10-11,13H2,1-2H3. The molecule has 128 valence electrons. The van der Waals surface area contributed by atoms with E-state index in [1.165, 1.54) is 0 Å². The fraction of sp³-hybridized carbons (Fsp3) is 0.444. The van der Waals surface area contributed by atoms with Crippen molar-refractivity contribution < 1.29 is 9.53 Å². The Balaban J connectivity index is 1.78. The van der Waals surface area contributed by atoms with E-state index in [2.05, 4.69) is 17.3 Å². The normalized spacial score (nSPS) is 17.0. The van der Waals surface area contributed by atoms with Gasteiger partial charge in [-0.15, -0.1) is 0 Å². The summed E-state index contributed by atoms with van der Waals surface area (Å²) in [7, 11) is 1.64. The van der Waals surface area contributed by atoms with E-state index >= 15 is 0 Å². The van der Waals surface area contributed by atoms with Crippen LogP contribution < -0.4 is 10.1 Å². The van der Waals surface area contributed by atoms with Gasteiger partial charge >= 0.3 is 0 Å². The Morgan fingerprint density at radius 3 is 2.79 bits per heavy atom. The number of ether oxygens (including phenoxy) is 1. The number of nitrogens with zero attached hydrogens (tertiary/aromatic N) is 3.